The Bertz CT molecular complexity index is 2380. The molecule has 0 saturated carbocycles. The summed E-state index contributed by atoms with van der Waals surface area (Å²) in [4.78, 5) is 83.1. The minimum atomic E-state index is -1.60. The number of aliphatic carboxylic acids is 1. The molecule has 308 valence electrons. The molecule has 1 aliphatic heterocycles. The maximum atomic E-state index is 12.9. The molecule has 4 aromatic rings. The number of benzene rings is 4. The number of carboxylic acid groups (broad SMARTS) is 2. The van der Waals surface area contributed by atoms with Crippen LogP contribution in [0.4, 0.5) is 0 Å². The second kappa shape index (κ2) is 18.4. The molecule has 16 nitrogen and oxygen atoms in total. The fourth-order valence-corrected chi connectivity index (χ4v) is 5.58. The van der Waals surface area contributed by atoms with Gasteiger partial charge >= 0.3 is 29.8 Å². The molecular formula is C42H37ClO16. The predicted molar refractivity (Wildman–Crippen MR) is 207 cm³/mol. The number of halogens is 1. The summed E-state index contributed by atoms with van der Waals surface area (Å²) in [7, 11) is 0. The van der Waals surface area contributed by atoms with E-state index in [4.69, 9.17) is 40.4 Å². The zero-order chi connectivity index (χ0) is 43.9. The smallest absolute Gasteiger partial charge is 0.350 e. The Labute approximate surface area is 341 Å². The van der Waals surface area contributed by atoms with Gasteiger partial charge in [-0.15, -0.1) is 0 Å². The van der Waals surface area contributed by atoms with Gasteiger partial charge in [-0.25, -0.2) is 24.0 Å². The second-order valence-corrected chi connectivity index (χ2v) is 13.9. The molecule has 0 unspecified atom stereocenters. The van der Waals surface area contributed by atoms with E-state index in [0.29, 0.717) is 34.1 Å². The van der Waals surface area contributed by atoms with Crippen LogP contribution < -0.4 is 14.2 Å². The molecular weight excluding hydrogens is 796 g/mol. The molecule has 4 N–H and O–H groups in total. The van der Waals surface area contributed by atoms with Gasteiger partial charge in [-0.1, -0.05) is 11.6 Å². The largest absolute Gasteiger partial charge is 0.507 e. The molecule has 17 heteroatoms. The van der Waals surface area contributed by atoms with Crippen LogP contribution in [0, 0.1) is 13.8 Å². The van der Waals surface area contributed by atoms with Crippen molar-refractivity contribution in [1.29, 1.82) is 0 Å². The molecule has 0 aromatic heterocycles. The normalized spacial score (nSPS) is 11.8. The second-order valence-electron chi connectivity index (χ2n) is 13.4. The number of hydrogen-bond acceptors (Lipinski definition) is 14. The Hall–Kier alpha value is -7.20. The first kappa shape index (κ1) is 44.5. The van der Waals surface area contributed by atoms with E-state index in [0.717, 1.165) is 6.07 Å². The number of aromatic carboxylic acids is 1. The molecule has 0 fully saturated rings. The van der Waals surface area contributed by atoms with Crippen LogP contribution in [0.2, 0.25) is 5.02 Å². The van der Waals surface area contributed by atoms with Crippen LogP contribution in [-0.4, -0.2) is 74.0 Å². The summed E-state index contributed by atoms with van der Waals surface area (Å²) in [6.07, 6.45) is 1.09. The molecule has 0 bridgehead atoms. The molecule has 0 aliphatic carbocycles. The standard InChI is InChI=1S/C22H16O12.C20H21ClO4/c1-8-5-12(24)10(6-23)19-15(8)22(31)34-20-11(7-32-14(27)4-3-13(25)26)17(28)16(21(29)30)9(2)18(20)33-19;1-13(2)24-19(23)20(3,4)25-17-11-7-15(8-12-17)18(22)14-5-9-16(21)10-6-14/h3-6,24,28H,7H2,1-2H3,(H,25,26)(H,29,30);5-13H,1-4H3. The first-order chi connectivity index (χ1) is 27.7. The number of aldehydes is 1. The van der Waals surface area contributed by atoms with Crippen LogP contribution in [0.5, 0.6) is 34.5 Å². The highest BCUT2D eigenvalue weighted by Crippen LogP contribution is 2.50. The van der Waals surface area contributed by atoms with Gasteiger partial charge in [0.15, 0.2) is 34.9 Å². The number of esters is 3. The van der Waals surface area contributed by atoms with Gasteiger partial charge in [0.25, 0.3) is 0 Å². The third-order valence-electron chi connectivity index (χ3n) is 8.30. The van der Waals surface area contributed by atoms with Gasteiger partial charge in [-0.05, 0) is 102 Å². The van der Waals surface area contributed by atoms with Crippen molar-refractivity contribution in [1.82, 2.24) is 0 Å². The SMILES string of the molecule is CC(C)OC(=O)C(C)(C)Oc1ccc(C(=O)c2ccc(Cl)cc2)cc1.Cc1cc(O)c(C=O)c2c1C(=O)Oc1c(COC(=O)C=CC(=O)O)c(O)c(C(=O)O)c(C)c1O2. The molecule has 1 heterocycles. The lowest BCUT2D eigenvalue weighted by Crippen LogP contribution is -2.40. The number of fused-ring (bicyclic) bond motifs is 2. The van der Waals surface area contributed by atoms with E-state index in [9.17, 15) is 48.9 Å². The summed E-state index contributed by atoms with van der Waals surface area (Å²) in [5, 5.41) is 39.5. The lowest BCUT2D eigenvalue weighted by atomic mass is 10.0. The van der Waals surface area contributed by atoms with E-state index in [1.54, 1.807) is 76.2 Å². The van der Waals surface area contributed by atoms with Gasteiger partial charge in [0.05, 0.1) is 17.2 Å². The summed E-state index contributed by atoms with van der Waals surface area (Å²) in [6.45, 7) is 8.68. The van der Waals surface area contributed by atoms with E-state index in [2.05, 4.69) is 0 Å². The molecule has 0 amide bonds. The van der Waals surface area contributed by atoms with Gasteiger partial charge in [0.1, 0.15) is 35.0 Å². The van der Waals surface area contributed by atoms with Gasteiger partial charge in [-0.2, -0.15) is 0 Å². The van der Waals surface area contributed by atoms with E-state index < -0.39 is 81.7 Å². The molecule has 0 saturated heterocycles. The Morgan fingerprint density at radius 2 is 1.46 bits per heavy atom. The topological polar surface area (TPSA) is 247 Å². The number of ether oxygens (including phenoxy) is 5. The van der Waals surface area contributed by atoms with Crippen molar-refractivity contribution >= 4 is 53.5 Å². The molecule has 1 aliphatic rings. The number of phenols is 2. The Kier molecular flexibility index (Phi) is 13.9. The van der Waals surface area contributed by atoms with Crippen LogP contribution in [0.15, 0.2) is 66.7 Å². The molecule has 4 aromatic carbocycles. The molecule has 0 radical (unpaired) electrons. The molecule has 0 atom stereocenters. The number of carbonyl (C=O) groups excluding carboxylic acids is 5. The van der Waals surface area contributed by atoms with Crippen molar-refractivity contribution < 1.29 is 77.7 Å². The number of aryl methyl sites for hydroxylation is 1. The Balaban J connectivity index is 0.000000273. The summed E-state index contributed by atoms with van der Waals surface area (Å²) in [5.74, 6) is -7.98. The lowest BCUT2D eigenvalue weighted by molar-refractivity contribution is -0.163. The van der Waals surface area contributed by atoms with Crippen LogP contribution >= 0.6 is 11.6 Å². The first-order valence-corrected chi connectivity index (χ1v) is 17.8. The zero-order valence-corrected chi connectivity index (χ0v) is 33.0. The summed E-state index contributed by atoms with van der Waals surface area (Å²) < 4.78 is 26.8. The minimum absolute atomic E-state index is 0.110. The summed E-state index contributed by atoms with van der Waals surface area (Å²) in [5.41, 5.74) is -1.84. The maximum Gasteiger partial charge on any atom is 0.350 e. The van der Waals surface area contributed by atoms with Crippen molar-refractivity contribution in [2.24, 2.45) is 0 Å². The number of aromatic hydroxyl groups is 2. The number of rotatable bonds is 12. The third kappa shape index (κ3) is 10.4. The van der Waals surface area contributed by atoms with Gasteiger partial charge in [-0.3, -0.25) is 9.59 Å². The highest BCUT2D eigenvalue weighted by Gasteiger charge is 2.36. The fraction of sp³-hybridized carbons (Fsp3) is 0.214. The molecule has 0 spiro atoms. The van der Waals surface area contributed by atoms with E-state index in [1.165, 1.54) is 13.8 Å². The van der Waals surface area contributed by atoms with Crippen LogP contribution in [0.25, 0.3) is 0 Å². The zero-order valence-electron chi connectivity index (χ0n) is 32.3. The van der Waals surface area contributed by atoms with E-state index in [1.807, 2.05) is 0 Å². The van der Waals surface area contributed by atoms with Crippen molar-refractivity contribution in [2.75, 3.05) is 0 Å². The van der Waals surface area contributed by atoms with Crippen molar-refractivity contribution in [3.05, 3.63) is 116 Å². The maximum absolute atomic E-state index is 12.9. The molecule has 5 rings (SSSR count). The number of hydrogen-bond donors (Lipinski definition) is 4. The van der Waals surface area contributed by atoms with Crippen molar-refractivity contribution in [2.45, 2.75) is 59.9 Å². The van der Waals surface area contributed by atoms with Crippen LogP contribution in [0.3, 0.4) is 0 Å². The number of carbonyl (C=O) groups is 7. The number of phenolic OH excluding ortho intramolecular Hbond substituents is 1. The third-order valence-corrected chi connectivity index (χ3v) is 8.55. The van der Waals surface area contributed by atoms with Crippen LogP contribution in [0.1, 0.15) is 91.4 Å². The van der Waals surface area contributed by atoms with Crippen molar-refractivity contribution in [3.8, 4) is 34.5 Å². The van der Waals surface area contributed by atoms with Crippen molar-refractivity contribution in [3.63, 3.8) is 0 Å². The van der Waals surface area contributed by atoms with Gasteiger partial charge < -0.3 is 44.1 Å². The average Bonchev–Trinajstić information content (AvgIpc) is 3.30. The Morgan fingerprint density at radius 1 is 0.864 bits per heavy atom. The summed E-state index contributed by atoms with van der Waals surface area (Å²) >= 11 is 5.84. The minimum Gasteiger partial charge on any atom is -0.507 e. The molecule has 59 heavy (non-hydrogen) atoms. The highest BCUT2D eigenvalue weighted by atomic mass is 35.5. The number of ketones is 1. The Morgan fingerprint density at radius 3 is 2.00 bits per heavy atom. The average molecular weight is 833 g/mol. The van der Waals surface area contributed by atoms with Crippen LogP contribution in [-0.2, 0) is 30.5 Å². The number of carboxylic acids is 2. The van der Waals surface area contributed by atoms with Gasteiger partial charge in [0.2, 0.25) is 0 Å². The van der Waals surface area contributed by atoms with E-state index >= 15 is 0 Å². The monoisotopic (exact) mass is 832 g/mol. The van der Waals surface area contributed by atoms with E-state index in [-0.39, 0.29) is 40.6 Å². The predicted octanol–water partition coefficient (Wildman–Crippen LogP) is 6.91. The summed E-state index contributed by atoms with van der Waals surface area (Å²) in [6, 6.07) is 14.5. The first-order valence-electron chi connectivity index (χ1n) is 17.4. The lowest BCUT2D eigenvalue weighted by Gasteiger charge is -2.25. The quantitative estimate of drug-likeness (QED) is 0.0372. The van der Waals surface area contributed by atoms with Gasteiger partial charge in [0, 0.05) is 33.9 Å². The fourth-order valence-electron chi connectivity index (χ4n) is 5.45. The highest BCUT2D eigenvalue weighted by molar-refractivity contribution is 6.30.